The van der Waals surface area contributed by atoms with Gasteiger partial charge in [0.2, 0.25) is 0 Å². The van der Waals surface area contributed by atoms with Crippen LogP contribution in [0.4, 0.5) is 4.39 Å². The highest BCUT2D eigenvalue weighted by Gasteiger charge is 2.07. The lowest BCUT2D eigenvalue weighted by molar-refractivity contribution is 0.0950. The standard InChI is InChI=1S/C15H11BrFN3O/c16-11-3-1-2-10(6-11)15(21)18-7-13-9-20-8-12(17)4-5-14(20)19-13/h1-6,8-9H,7H2,(H,18,21). The van der Waals surface area contributed by atoms with E-state index in [0.717, 1.165) is 4.47 Å². The highest BCUT2D eigenvalue weighted by atomic mass is 79.9. The van der Waals surface area contributed by atoms with Gasteiger partial charge in [0.15, 0.2) is 0 Å². The first-order valence-corrected chi connectivity index (χ1v) is 7.08. The molecule has 6 heteroatoms. The lowest BCUT2D eigenvalue weighted by Gasteiger charge is -2.03. The van der Waals surface area contributed by atoms with Gasteiger partial charge in [-0.05, 0) is 30.3 Å². The second-order valence-electron chi connectivity index (χ2n) is 4.54. The quantitative estimate of drug-likeness (QED) is 0.790. The second-order valence-corrected chi connectivity index (χ2v) is 5.45. The molecule has 1 amide bonds. The summed E-state index contributed by atoms with van der Waals surface area (Å²) >= 11 is 3.33. The van der Waals surface area contributed by atoms with Crippen LogP contribution in [0.25, 0.3) is 5.65 Å². The van der Waals surface area contributed by atoms with Crippen molar-refractivity contribution in [3.05, 3.63) is 70.3 Å². The maximum absolute atomic E-state index is 13.1. The van der Waals surface area contributed by atoms with E-state index in [1.165, 1.54) is 12.3 Å². The number of aromatic nitrogens is 2. The molecule has 0 spiro atoms. The van der Waals surface area contributed by atoms with Gasteiger partial charge in [0.05, 0.1) is 12.2 Å². The molecule has 0 aliphatic rings. The van der Waals surface area contributed by atoms with Gasteiger partial charge in [-0.2, -0.15) is 0 Å². The van der Waals surface area contributed by atoms with Crippen LogP contribution in [0.2, 0.25) is 0 Å². The fourth-order valence-corrected chi connectivity index (χ4v) is 2.40. The number of rotatable bonds is 3. The Morgan fingerprint density at radius 3 is 2.95 bits per heavy atom. The van der Waals surface area contributed by atoms with Gasteiger partial charge >= 0.3 is 0 Å². The number of hydrogen-bond donors (Lipinski definition) is 1. The minimum atomic E-state index is -0.329. The summed E-state index contributed by atoms with van der Waals surface area (Å²) in [5.74, 6) is -0.510. The van der Waals surface area contributed by atoms with E-state index in [-0.39, 0.29) is 18.3 Å². The Balaban J connectivity index is 1.72. The van der Waals surface area contributed by atoms with Gasteiger partial charge in [0.25, 0.3) is 5.91 Å². The zero-order valence-electron chi connectivity index (χ0n) is 10.9. The zero-order chi connectivity index (χ0) is 14.8. The third kappa shape index (κ3) is 3.11. The smallest absolute Gasteiger partial charge is 0.251 e. The van der Waals surface area contributed by atoms with Gasteiger partial charge in [0.1, 0.15) is 11.5 Å². The van der Waals surface area contributed by atoms with Crippen molar-refractivity contribution in [1.82, 2.24) is 14.7 Å². The zero-order valence-corrected chi connectivity index (χ0v) is 12.5. The minimum absolute atomic E-state index is 0.181. The summed E-state index contributed by atoms with van der Waals surface area (Å²) in [4.78, 5) is 16.3. The van der Waals surface area contributed by atoms with Gasteiger partial charge in [-0.25, -0.2) is 9.37 Å². The molecule has 0 saturated heterocycles. The highest BCUT2D eigenvalue weighted by Crippen LogP contribution is 2.12. The van der Waals surface area contributed by atoms with Crippen LogP contribution in [-0.4, -0.2) is 15.3 Å². The molecule has 0 radical (unpaired) electrons. The molecule has 0 fully saturated rings. The maximum atomic E-state index is 13.1. The van der Waals surface area contributed by atoms with Crippen LogP contribution in [0, 0.1) is 5.82 Å². The van der Waals surface area contributed by atoms with Crippen LogP contribution in [0.5, 0.6) is 0 Å². The van der Waals surface area contributed by atoms with E-state index in [1.807, 2.05) is 6.07 Å². The van der Waals surface area contributed by atoms with Gasteiger partial charge < -0.3 is 9.72 Å². The largest absolute Gasteiger partial charge is 0.346 e. The van der Waals surface area contributed by atoms with Gasteiger partial charge in [-0.15, -0.1) is 0 Å². The number of pyridine rings is 1. The number of nitrogens with one attached hydrogen (secondary N) is 1. The van der Waals surface area contributed by atoms with Crippen LogP contribution in [-0.2, 0) is 6.54 Å². The number of benzene rings is 1. The number of imidazole rings is 1. The molecular weight excluding hydrogens is 337 g/mol. The molecule has 3 rings (SSSR count). The summed E-state index contributed by atoms with van der Waals surface area (Å²) in [6.45, 7) is 0.286. The molecule has 0 saturated carbocycles. The Kier molecular flexibility index (Phi) is 3.70. The summed E-state index contributed by atoms with van der Waals surface area (Å²) in [5.41, 5.74) is 1.88. The third-order valence-corrected chi connectivity index (χ3v) is 3.47. The second kappa shape index (κ2) is 5.65. The number of hydrogen-bond acceptors (Lipinski definition) is 2. The third-order valence-electron chi connectivity index (χ3n) is 2.98. The monoisotopic (exact) mass is 347 g/mol. The van der Waals surface area contributed by atoms with Crippen molar-refractivity contribution in [3.8, 4) is 0 Å². The molecule has 2 heterocycles. The number of carbonyl (C=O) groups excluding carboxylic acids is 1. The normalized spacial score (nSPS) is 10.8. The van der Waals surface area contributed by atoms with Crippen molar-refractivity contribution in [1.29, 1.82) is 0 Å². The number of carbonyl (C=O) groups is 1. The highest BCUT2D eigenvalue weighted by molar-refractivity contribution is 9.10. The molecule has 0 aliphatic heterocycles. The van der Waals surface area contributed by atoms with E-state index in [4.69, 9.17) is 0 Å². The Hall–Kier alpha value is -2.21. The molecule has 0 unspecified atom stereocenters. The molecule has 106 valence electrons. The lowest BCUT2D eigenvalue weighted by Crippen LogP contribution is -2.22. The summed E-state index contributed by atoms with van der Waals surface area (Å²) in [6, 6.07) is 10.1. The van der Waals surface area contributed by atoms with E-state index >= 15 is 0 Å². The Morgan fingerprint density at radius 1 is 1.29 bits per heavy atom. The molecule has 21 heavy (non-hydrogen) atoms. The van der Waals surface area contributed by atoms with Crippen molar-refractivity contribution >= 4 is 27.5 Å². The first-order valence-electron chi connectivity index (χ1n) is 6.29. The predicted octanol–water partition coefficient (Wildman–Crippen LogP) is 3.17. The number of halogens is 2. The van der Waals surface area contributed by atoms with Crippen molar-refractivity contribution in [2.45, 2.75) is 6.54 Å². The Labute approximate surface area is 128 Å². The average molecular weight is 348 g/mol. The summed E-state index contributed by atoms with van der Waals surface area (Å²) < 4.78 is 15.5. The van der Waals surface area contributed by atoms with E-state index in [9.17, 15) is 9.18 Å². The van der Waals surface area contributed by atoms with E-state index in [2.05, 4.69) is 26.2 Å². The summed E-state index contributed by atoms with van der Waals surface area (Å²) in [6.07, 6.45) is 3.04. The topological polar surface area (TPSA) is 46.4 Å². The molecule has 2 aromatic heterocycles. The van der Waals surface area contributed by atoms with Gasteiger partial charge in [0, 0.05) is 22.4 Å². The van der Waals surface area contributed by atoms with Crippen molar-refractivity contribution in [2.75, 3.05) is 0 Å². The number of fused-ring (bicyclic) bond motifs is 1. The fourth-order valence-electron chi connectivity index (χ4n) is 2.00. The SMILES string of the molecule is O=C(NCc1cn2cc(F)ccc2n1)c1cccc(Br)c1. The van der Waals surface area contributed by atoms with Gasteiger partial charge in [-0.1, -0.05) is 22.0 Å². The molecule has 0 aliphatic carbocycles. The lowest BCUT2D eigenvalue weighted by atomic mass is 10.2. The number of nitrogens with zero attached hydrogens (tertiary/aromatic N) is 2. The average Bonchev–Trinajstić information content (AvgIpc) is 2.86. The summed E-state index contributed by atoms with van der Waals surface area (Å²) in [7, 11) is 0. The van der Waals surface area contributed by atoms with Crippen LogP contribution >= 0.6 is 15.9 Å². The minimum Gasteiger partial charge on any atom is -0.346 e. The molecule has 3 aromatic rings. The predicted molar refractivity (Wildman–Crippen MR) is 80.5 cm³/mol. The molecule has 0 atom stereocenters. The van der Waals surface area contributed by atoms with Crippen LogP contribution < -0.4 is 5.32 Å². The van der Waals surface area contributed by atoms with E-state index < -0.39 is 0 Å². The first-order chi connectivity index (χ1) is 10.1. The van der Waals surface area contributed by atoms with Crippen LogP contribution in [0.3, 0.4) is 0 Å². The molecular formula is C15H11BrFN3O. The van der Waals surface area contributed by atoms with E-state index in [0.29, 0.717) is 16.9 Å². The van der Waals surface area contributed by atoms with Crippen LogP contribution in [0.15, 0.2) is 53.3 Å². The molecule has 4 nitrogen and oxygen atoms in total. The van der Waals surface area contributed by atoms with Crippen molar-refractivity contribution < 1.29 is 9.18 Å². The fraction of sp³-hybridized carbons (Fsp3) is 0.0667. The molecule has 0 bridgehead atoms. The Bertz CT molecular complexity index is 816. The molecule has 1 aromatic carbocycles. The number of amides is 1. The van der Waals surface area contributed by atoms with Gasteiger partial charge in [-0.3, -0.25) is 4.79 Å². The first kappa shape index (κ1) is 13.8. The Morgan fingerprint density at radius 2 is 2.14 bits per heavy atom. The summed E-state index contributed by atoms with van der Waals surface area (Å²) in [5, 5.41) is 2.79. The molecule has 1 N–H and O–H groups in total. The van der Waals surface area contributed by atoms with Crippen molar-refractivity contribution in [2.24, 2.45) is 0 Å². The maximum Gasteiger partial charge on any atom is 0.251 e. The van der Waals surface area contributed by atoms with Crippen LogP contribution in [0.1, 0.15) is 16.1 Å². The van der Waals surface area contributed by atoms with Crippen molar-refractivity contribution in [3.63, 3.8) is 0 Å². The van der Waals surface area contributed by atoms with E-state index in [1.54, 1.807) is 34.9 Å².